The van der Waals surface area contributed by atoms with Gasteiger partial charge in [0.1, 0.15) is 21.8 Å². The summed E-state index contributed by atoms with van der Waals surface area (Å²) < 4.78 is 10.5. The van der Waals surface area contributed by atoms with Crippen molar-refractivity contribution in [3.05, 3.63) is 46.6 Å². The number of esters is 1. The summed E-state index contributed by atoms with van der Waals surface area (Å²) >= 11 is 1.24. The Morgan fingerprint density at radius 1 is 1.10 bits per heavy atom. The second kappa shape index (κ2) is 9.33. The number of carbonyl (C=O) groups is 2. The molecule has 0 aliphatic carbocycles. The standard InChI is InChI=1S/C20H22N4O4S/c1-4-27-14-8-6-13(7-9-14)10-15(25)23-24-18-16-12(3)17(20(26)28-5-2)29-19(16)22-11-21-18/h6-9,11H,4-5,10H2,1-3H3,(H,23,25)(H,21,22,24). The monoisotopic (exact) mass is 414 g/mol. The lowest BCUT2D eigenvalue weighted by Gasteiger charge is -2.09. The van der Waals surface area contributed by atoms with Crippen LogP contribution in [0.1, 0.15) is 34.6 Å². The number of fused-ring (bicyclic) bond motifs is 1. The lowest BCUT2D eigenvalue weighted by atomic mass is 10.1. The van der Waals surface area contributed by atoms with E-state index in [1.807, 2.05) is 31.2 Å². The zero-order valence-electron chi connectivity index (χ0n) is 16.4. The lowest BCUT2D eigenvalue weighted by molar-refractivity contribution is -0.119. The van der Waals surface area contributed by atoms with E-state index in [9.17, 15) is 9.59 Å². The van der Waals surface area contributed by atoms with Crippen LogP contribution in [-0.2, 0) is 16.0 Å². The van der Waals surface area contributed by atoms with Gasteiger partial charge in [0.15, 0.2) is 5.82 Å². The summed E-state index contributed by atoms with van der Waals surface area (Å²) in [7, 11) is 0. The molecular formula is C20H22N4O4S. The summed E-state index contributed by atoms with van der Waals surface area (Å²) in [5.74, 6) is 0.584. The first-order chi connectivity index (χ1) is 14.0. The minimum Gasteiger partial charge on any atom is -0.494 e. The van der Waals surface area contributed by atoms with E-state index in [4.69, 9.17) is 9.47 Å². The third kappa shape index (κ3) is 4.80. The number of aryl methyl sites for hydroxylation is 1. The van der Waals surface area contributed by atoms with Gasteiger partial charge in [0.05, 0.1) is 25.0 Å². The third-order valence-corrected chi connectivity index (χ3v) is 5.29. The summed E-state index contributed by atoms with van der Waals surface area (Å²) in [5, 5.41) is 0.682. The molecule has 0 saturated heterocycles. The molecule has 2 N–H and O–H groups in total. The van der Waals surface area contributed by atoms with E-state index in [1.165, 1.54) is 17.7 Å². The lowest BCUT2D eigenvalue weighted by Crippen LogP contribution is -2.31. The van der Waals surface area contributed by atoms with Gasteiger partial charge in [-0.2, -0.15) is 0 Å². The number of ether oxygens (including phenoxy) is 2. The molecular weight excluding hydrogens is 392 g/mol. The number of hydrogen-bond donors (Lipinski definition) is 2. The minimum atomic E-state index is -0.390. The Balaban J connectivity index is 1.70. The highest BCUT2D eigenvalue weighted by molar-refractivity contribution is 7.20. The molecule has 29 heavy (non-hydrogen) atoms. The highest BCUT2D eigenvalue weighted by Crippen LogP contribution is 2.33. The molecule has 0 fully saturated rings. The predicted octanol–water partition coefficient (Wildman–Crippen LogP) is 3.26. The normalized spacial score (nSPS) is 10.6. The number of hydrogen-bond acceptors (Lipinski definition) is 8. The van der Waals surface area contributed by atoms with Crippen molar-refractivity contribution in [2.45, 2.75) is 27.2 Å². The fourth-order valence-corrected chi connectivity index (χ4v) is 3.83. The van der Waals surface area contributed by atoms with Gasteiger partial charge in [-0.15, -0.1) is 11.3 Å². The number of benzene rings is 1. The molecule has 3 aromatic rings. The van der Waals surface area contributed by atoms with Crippen molar-refractivity contribution in [2.24, 2.45) is 0 Å². The van der Waals surface area contributed by atoms with Crippen LogP contribution in [0.4, 0.5) is 5.82 Å². The molecule has 3 rings (SSSR count). The van der Waals surface area contributed by atoms with Gasteiger partial charge in [-0.3, -0.25) is 15.6 Å². The molecule has 0 radical (unpaired) electrons. The number of aromatic nitrogens is 2. The summed E-state index contributed by atoms with van der Waals surface area (Å²) in [4.78, 5) is 34.0. The van der Waals surface area contributed by atoms with Crippen molar-refractivity contribution in [1.82, 2.24) is 15.4 Å². The molecule has 0 bridgehead atoms. The molecule has 1 aromatic carbocycles. The molecule has 2 heterocycles. The fraction of sp³-hybridized carbons (Fsp3) is 0.300. The number of hydrazine groups is 1. The van der Waals surface area contributed by atoms with Crippen LogP contribution in [0.3, 0.4) is 0 Å². The van der Waals surface area contributed by atoms with E-state index in [1.54, 1.807) is 13.8 Å². The van der Waals surface area contributed by atoms with E-state index in [-0.39, 0.29) is 12.3 Å². The van der Waals surface area contributed by atoms with Crippen LogP contribution >= 0.6 is 11.3 Å². The third-order valence-electron chi connectivity index (χ3n) is 4.11. The van der Waals surface area contributed by atoms with Gasteiger partial charge in [-0.1, -0.05) is 12.1 Å². The summed E-state index contributed by atoms with van der Waals surface area (Å²) in [6, 6.07) is 7.36. The van der Waals surface area contributed by atoms with Crippen LogP contribution in [0.5, 0.6) is 5.75 Å². The summed E-state index contributed by atoms with van der Waals surface area (Å²) in [5.41, 5.74) is 7.07. The number of nitrogens with zero attached hydrogens (tertiary/aromatic N) is 2. The average molecular weight is 414 g/mol. The van der Waals surface area contributed by atoms with Gasteiger partial charge in [0.2, 0.25) is 5.91 Å². The van der Waals surface area contributed by atoms with Crippen LogP contribution < -0.4 is 15.6 Å². The van der Waals surface area contributed by atoms with Gasteiger partial charge in [-0.05, 0) is 44.0 Å². The van der Waals surface area contributed by atoms with E-state index in [0.717, 1.165) is 11.3 Å². The largest absolute Gasteiger partial charge is 0.494 e. The predicted molar refractivity (Wildman–Crippen MR) is 111 cm³/mol. The first-order valence-corrected chi connectivity index (χ1v) is 10.0. The molecule has 0 aliphatic heterocycles. The molecule has 2 aromatic heterocycles. The van der Waals surface area contributed by atoms with Gasteiger partial charge in [0, 0.05) is 0 Å². The maximum absolute atomic E-state index is 12.3. The molecule has 0 spiro atoms. The number of thiophene rings is 1. The van der Waals surface area contributed by atoms with Crippen molar-refractivity contribution in [1.29, 1.82) is 0 Å². The first kappa shape index (κ1) is 20.5. The number of anilines is 1. The van der Waals surface area contributed by atoms with Gasteiger partial charge in [0.25, 0.3) is 0 Å². The van der Waals surface area contributed by atoms with Crippen molar-refractivity contribution in [3.63, 3.8) is 0 Å². The molecule has 152 valence electrons. The van der Waals surface area contributed by atoms with Crippen molar-refractivity contribution in [2.75, 3.05) is 18.6 Å². The Hall–Kier alpha value is -3.20. The van der Waals surface area contributed by atoms with Gasteiger partial charge >= 0.3 is 5.97 Å². The van der Waals surface area contributed by atoms with E-state index in [2.05, 4.69) is 20.8 Å². The minimum absolute atomic E-state index is 0.199. The van der Waals surface area contributed by atoms with Crippen molar-refractivity contribution < 1.29 is 19.1 Å². The molecule has 1 amide bonds. The Kier molecular flexibility index (Phi) is 6.61. The molecule has 0 aliphatic rings. The smallest absolute Gasteiger partial charge is 0.348 e. The molecule has 9 heteroatoms. The van der Waals surface area contributed by atoms with Crippen LogP contribution in [-0.4, -0.2) is 35.1 Å². The zero-order valence-corrected chi connectivity index (χ0v) is 17.3. The van der Waals surface area contributed by atoms with Crippen LogP contribution in [0, 0.1) is 6.92 Å². The van der Waals surface area contributed by atoms with Crippen LogP contribution in [0.2, 0.25) is 0 Å². The number of nitrogens with one attached hydrogen (secondary N) is 2. The Morgan fingerprint density at radius 2 is 1.86 bits per heavy atom. The number of rotatable bonds is 8. The second-order valence-corrected chi connectivity index (χ2v) is 7.11. The van der Waals surface area contributed by atoms with Crippen LogP contribution in [0.15, 0.2) is 30.6 Å². The van der Waals surface area contributed by atoms with Crippen LogP contribution in [0.25, 0.3) is 10.2 Å². The quantitative estimate of drug-likeness (QED) is 0.431. The maximum Gasteiger partial charge on any atom is 0.348 e. The van der Waals surface area contributed by atoms with E-state index >= 15 is 0 Å². The van der Waals surface area contributed by atoms with E-state index in [0.29, 0.717) is 39.7 Å². The molecule has 0 atom stereocenters. The maximum atomic E-state index is 12.3. The summed E-state index contributed by atoms with van der Waals surface area (Å²) in [6.07, 6.45) is 1.58. The van der Waals surface area contributed by atoms with E-state index < -0.39 is 5.97 Å². The van der Waals surface area contributed by atoms with Crippen molar-refractivity contribution >= 4 is 39.2 Å². The molecule has 0 saturated carbocycles. The van der Waals surface area contributed by atoms with Gasteiger partial charge in [-0.25, -0.2) is 14.8 Å². The van der Waals surface area contributed by atoms with Crippen molar-refractivity contribution in [3.8, 4) is 5.75 Å². The summed E-state index contributed by atoms with van der Waals surface area (Å²) in [6.45, 7) is 6.37. The van der Waals surface area contributed by atoms with Gasteiger partial charge < -0.3 is 9.47 Å². The Bertz CT molecular complexity index is 1020. The highest BCUT2D eigenvalue weighted by atomic mass is 32.1. The Labute approximate surface area is 172 Å². The molecule has 0 unspecified atom stereocenters. The Morgan fingerprint density at radius 3 is 2.55 bits per heavy atom. The number of carbonyl (C=O) groups excluding carboxylic acids is 2. The SMILES string of the molecule is CCOC(=O)c1sc2ncnc(NNC(=O)Cc3ccc(OCC)cc3)c2c1C. The topological polar surface area (TPSA) is 102 Å². The first-order valence-electron chi connectivity index (χ1n) is 9.21. The second-order valence-electron chi connectivity index (χ2n) is 6.11. The fourth-order valence-electron chi connectivity index (χ4n) is 2.79. The zero-order chi connectivity index (χ0) is 20.8. The number of amides is 1. The average Bonchev–Trinajstić information content (AvgIpc) is 3.06. The molecule has 8 nitrogen and oxygen atoms in total. The highest BCUT2D eigenvalue weighted by Gasteiger charge is 2.20.